The van der Waals surface area contributed by atoms with Crippen LogP contribution in [0.4, 0.5) is 18.0 Å². The SMILES string of the molecule is C=CCCC1(c2ccc(F)cc2)CCN(C(C)c2ccc(OC(F)F)cc2)C(=O)O1. The molecule has 30 heavy (non-hydrogen) atoms. The molecule has 2 aromatic rings. The number of halogens is 3. The van der Waals surface area contributed by atoms with Gasteiger partial charge in [0.05, 0.1) is 6.04 Å². The van der Waals surface area contributed by atoms with Gasteiger partial charge < -0.3 is 14.4 Å². The van der Waals surface area contributed by atoms with Crippen molar-refractivity contribution in [3.63, 3.8) is 0 Å². The minimum absolute atomic E-state index is 0.0573. The molecule has 0 bridgehead atoms. The Morgan fingerprint density at radius 2 is 1.87 bits per heavy atom. The first-order chi connectivity index (χ1) is 14.3. The van der Waals surface area contributed by atoms with Gasteiger partial charge in [-0.05, 0) is 55.2 Å². The molecule has 0 spiro atoms. The summed E-state index contributed by atoms with van der Waals surface area (Å²) in [5, 5.41) is 0. The van der Waals surface area contributed by atoms with Gasteiger partial charge in [-0.15, -0.1) is 6.58 Å². The molecule has 2 aromatic carbocycles. The van der Waals surface area contributed by atoms with Crippen molar-refractivity contribution in [3.8, 4) is 5.75 Å². The van der Waals surface area contributed by atoms with Crippen molar-refractivity contribution in [2.45, 2.75) is 44.4 Å². The van der Waals surface area contributed by atoms with Crippen LogP contribution in [0.15, 0.2) is 61.2 Å². The van der Waals surface area contributed by atoms with Crippen molar-refractivity contribution in [1.29, 1.82) is 0 Å². The number of cyclic esters (lactones) is 1. The van der Waals surface area contributed by atoms with E-state index in [1.54, 1.807) is 35.2 Å². The van der Waals surface area contributed by atoms with E-state index < -0.39 is 18.3 Å². The van der Waals surface area contributed by atoms with Gasteiger partial charge in [-0.2, -0.15) is 8.78 Å². The van der Waals surface area contributed by atoms with Gasteiger partial charge in [0.25, 0.3) is 0 Å². The molecule has 1 fully saturated rings. The minimum Gasteiger partial charge on any atom is -0.438 e. The quantitative estimate of drug-likeness (QED) is 0.479. The van der Waals surface area contributed by atoms with E-state index in [-0.39, 0.29) is 17.6 Å². The van der Waals surface area contributed by atoms with Crippen molar-refractivity contribution in [2.24, 2.45) is 0 Å². The predicted octanol–water partition coefficient (Wildman–Crippen LogP) is 6.19. The Hall–Kier alpha value is -2.96. The van der Waals surface area contributed by atoms with Gasteiger partial charge in [0.1, 0.15) is 17.2 Å². The van der Waals surface area contributed by atoms with E-state index in [0.29, 0.717) is 25.8 Å². The highest BCUT2D eigenvalue weighted by Gasteiger charge is 2.43. The number of nitrogens with zero attached hydrogens (tertiary/aromatic N) is 1. The topological polar surface area (TPSA) is 38.8 Å². The maximum Gasteiger partial charge on any atom is 0.411 e. The summed E-state index contributed by atoms with van der Waals surface area (Å²) in [6, 6.07) is 11.9. The fraction of sp³-hybridized carbons (Fsp3) is 0.348. The highest BCUT2D eigenvalue weighted by atomic mass is 19.3. The average molecular weight is 419 g/mol. The third-order valence-corrected chi connectivity index (χ3v) is 5.45. The van der Waals surface area contributed by atoms with Crippen LogP contribution in [0.1, 0.15) is 43.4 Å². The second-order valence-corrected chi connectivity index (χ2v) is 7.26. The molecule has 1 aliphatic heterocycles. The molecule has 3 rings (SSSR count). The highest BCUT2D eigenvalue weighted by molar-refractivity contribution is 5.70. The van der Waals surface area contributed by atoms with Crippen LogP contribution in [0.25, 0.3) is 0 Å². The van der Waals surface area contributed by atoms with Gasteiger partial charge >= 0.3 is 12.7 Å². The molecule has 1 amide bonds. The molecule has 2 atom stereocenters. The first-order valence-corrected chi connectivity index (χ1v) is 9.76. The summed E-state index contributed by atoms with van der Waals surface area (Å²) in [6.45, 7) is 3.13. The van der Waals surface area contributed by atoms with E-state index in [0.717, 1.165) is 11.1 Å². The maximum atomic E-state index is 13.4. The van der Waals surface area contributed by atoms with Gasteiger partial charge in [-0.1, -0.05) is 30.3 Å². The number of allylic oxidation sites excluding steroid dienone is 1. The Morgan fingerprint density at radius 3 is 2.43 bits per heavy atom. The third-order valence-electron chi connectivity index (χ3n) is 5.45. The number of benzene rings is 2. The highest BCUT2D eigenvalue weighted by Crippen LogP contribution is 2.40. The zero-order valence-corrected chi connectivity index (χ0v) is 16.7. The second kappa shape index (κ2) is 9.24. The van der Waals surface area contributed by atoms with Crippen LogP contribution in [0.5, 0.6) is 5.75 Å². The largest absolute Gasteiger partial charge is 0.438 e. The summed E-state index contributed by atoms with van der Waals surface area (Å²) in [6.07, 6.45) is 3.02. The molecule has 0 radical (unpaired) electrons. The number of hydrogen-bond donors (Lipinski definition) is 0. The number of alkyl halides is 2. The predicted molar refractivity (Wildman–Crippen MR) is 107 cm³/mol. The van der Waals surface area contributed by atoms with Crippen LogP contribution >= 0.6 is 0 Å². The molecule has 0 N–H and O–H groups in total. The molecular weight excluding hydrogens is 395 g/mol. The van der Waals surface area contributed by atoms with Gasteiger partial charge in [-0.25, -0.2) is 9.18 Å². The molecule has 0 saturated carbocycles. The lowest BCUT2D eigenvalue weighted by atomic mass is 9.84. The summed E-state index contributed by atoms with van der Waals surface area (Å²) in [7, 11) is 0. The van der Waals surface area contributed by atoms with E-state index in [4.69, 9.17) is 4.74 Å². The lowest BCUT2D eigenvalue weighted by Crippen LogP contribution is -2.48. The van der Waals surface area contributed by atoms with Crippen LogP contribution in [0.3, 0.4) is 0 Å². The summed E-state index contributed by atoms with van der Waals surface area (Å²) >= 11 is 0. The summed E-state index contributed by atoms with van der Waals surface area (Å²) in [5.74, 6) is -0.295. The monoisotopic (exact) mass is 419 g/mol. The molecule has 0 aliphatic carbocycles. The number of amides is 1. The van der Waals surface area contributed by atoms with E-state index in [9.17, 15) is 18.0 Å². The standard InChI is InChI=1S/C23H24F3NO3/c1-3-4-13-23(18-7-9-19(24)10-8-18)14-15-27(22(28)30-23)16(2)17-5-11-20(12-6-17)29-21(25)26/h3,5-12,16,21H,1,4,13-15H2,2H3. The van der Waals surface area contributed by atoms with Crippen LogP contribution in [0, 0.1) is 5.82 Å². The number of ether oxygens (including phenoxy) is 2. The minimum atomic E-state index is -2.89. The molecule has 7 heteroatoms. The van der Waals surface area contributed by atoms with E-state index in [2.05, 4.69) is 11.3 Å². The Kier molecular flexibility index (Phi) is 6.70. The van der Waals surface area contributed by atoms with Gasteiger partial charge in [-0.3, -0.25) is 0 Å². The van der Waals surface area contributed by atoms with Crippen molar-refractivity contribution in [1.82, 2.24) is 4.90 Å². The molecule has 0 aromatic heterocycles. The van der Waals surface area contributed by atoms with Crippen molar-refractivity contribution in [3.05, 3.63) is 78.1 Å². The third kappa shape index (κ3) is 4.78. The van der Waals surface area contributed by atoms with Crippen molar-refractivity contribution < 1.29 is 27.4 Å². The van der Waals surface area contributed by atoms with Gasteiger partial charge in [0.2, 0.25) is 0 Å². The summed E-state index contributed by atoms with van der Waals surface area (Å²) < 4.78 is 48.3. The number of rotatable bonds is 8. The Morgan fingerprint density at radius 1 is 1.20 bits per heavy atom. The lowest BCUT2D eigenvalue weighted by molar-refractivity contribution is -0.0649. The van der Waals surface area contributed by atoms with Crippen LogP contribution in [-0.2, 0) is 10.3 Å². The number of hydrogen-bond acceptors (Lipinski definition) is 3. The zero-order valence-electron chi connectivity index (χ0n) is 16.7. The fourth-order valence-electron chi connectivity index (χ4n) is 3.74. The molecule has 4 nitrogen and oxygen atoms in total. The lowest BCUT2D eigenvalue weighted by Gasteiger charge is -2.43. The Labute approximate surface area is 173 Å². The molecular formula is C23H24F3NO3. The van der Waals surface area contributed by atoms with Crippen LogP contribution in [0.2, 0.25) is 0 Å². The fourth-order valence-corrected chi connectivity index (χ4v) is 3.74. The van der Waals surface area contributed by atoms with E-state index >= 15 is 0 Å². The molecule has 1 aliphatic rings. The molecule has 2 unspecified atom stereocenters. The maximum absolute atomic E-state index is 13.4. The molecule has 1 saturated heterocycles. The first-order valence-electron chi connectivity index (χ1n) is 9.76. The molecule has 160 valence electrons. The Balaban J connectivity index is 1.77. The smallest absolute Gasteiger partial charge is 0.411 e. The van der Waals surface area contributed by atoms with Crippen LogP contribution < -0.4 is 4.74 Å². The zero-order chi connectivity index (χ0) is 21.7. The average Bonchev–Trinajstić information content (AvgIpc) is 2.72. The van der Waals surface area contributed by atoms with Crippen LogP contribution in [-0.4, -0.2) is 24.1 Å². The second-order valence-electron chi connectivity index (χ2n) is 7.26. The summed E-state index contributed by atoms with van der Waals surface area (Å²) in [4.78, 5) is 14.5. The van der Waals surface area contributed by atoms with E-state index in [1.807, 2.05) is 6.92 Å². The first kappa shape index (κ1) is 21.7. The van der Waals surface area contributed by atoms with Crippen molar-refractivity contribution in [2.75, 3.05) is 6.54 Å². The molecule has 1 heterocycles. The Bertz CT molecular complexity index is 870. The number of carbonyl (C=O) groups excluding carboxylic acids is 1. The van der Waals surface area contributed by atoms with E-state index in [1.165, 1.54) is 24.3 Å². The summed E-state index contributed by atoms with van der Waals surface area (Å²) in [5.41, 5.74) is 0.679. The van der Waals surface area contributed by atoms with Gasteiger partial charge in [0.15, 0.2) is 0 Å². The number of carbonyl (C=O) groups is 1. The van der Waals surface area contributed by atoms with Gasteiger partial charge in [0, 0.05) is 13.0 Å². The van der Waals surface area contributed by atoms with Crippen molar-refractivity contribution >= 4 is 6.09 Å². The normalized spacial score (nSPS) is 20.0.